The van der Waals surface area contributed by atoms with E-state index < -0.39 is 23.8 Å². The molecule has 0 N–H and O–H groups in total. The highest BCUT2D eigenvalue weighted by molar-refractivity contribution is 7.99. The van der Waals surface area contributed by atoms with E-state index in [1.807, 2.05) is 35.2 Å². The molecule has 1 aromatic carbocycles. The van der Waals surface area contributed by atoms with Crippen molar-refractivity contribution < 1.29 is 17.9 Å². The number of aromatic nitrogens is 2. The molecular formula is C20H23F3N4O2S. The molecule has 10 heteroatoms. The van der Waals surface area contributed by atoms with Gasteiger partial charge in [0.2, 0.25) is 5.95 Å². The van der Waals surface area contributed by atoms with Gasteiger partial charge in [-0.1, -0.05) is 18.2 Å². The topological polar surface area (TPSA) is 50.6 Å². The van der Waals surface area contributed by atoms with Crippen LogP contribution in [0.1, 0.15) is 6.92 Å². The third-order valence-corrected chi connectivity index (χ3v) is 6.54. The van der Waals surface area contributed by atoms with E-state index >= 15 is 0 Å². The number of alkyl halides is 3. The zero-order valence-corrected chi connectivity index (χ0v) is 17.4. The molecule has 1 unspecified atom stereocenters. The zero-order chi connectivity index (χ0) is 21.4. The second kappa shape index (κ2) is 8.14. The number of benzene rings is 1. The van der Waals surface area contributed by atoms with Gasteiger partial charge in [-0.2, -0.15) is 18.2 Å². The number of hydrogen-bond donors (Lipinski definition) is 0. The van der Waals surface area contributed by atoms with Crippen molar-refractivity contribution in [3.8, 4) is 0 Å². The Bertz CT molecular complexity index is 947. The standard InChI is InChI=1S/C20H23F3N4O2S/c1-19(20(21,22)23)14-26-17(28)13-16(25-7-10-29-11-8-25)24-18(26)27(19)9-12-30-15-5-3-2-4-6-15/h2-6,13H,7-12,14H2,1H3. The molecule has 0 radical (unpaired) electrons. The molecule has 162 valence electrons. The average Bonchev–Trinajstić information content (AvgIpc) is 3.03. The number of fused-ring (bicyclic) bond motifs is 1. The second-order valence-electron chi connectivity index (χ2n) is 7.52. The molecule has 1 fully saturated rings. The molecule has 0 aliphatic carbocycles. The normalized spacial score (nSPS) is 21.7. The molecule has 6 nitrogen and oxygen atoms in total. The summed E-state index contributed by atoms with van der Waals surface area (Å²) in [6.45, 7) is 2.90. The number of nitrogens with zero attached hydrogens (tertiary/aromatic N) is 4. The molecule has 2 aliphatic heterocycles. The van der Waals surface area contributed by atoms with Gasteiger partial charge in [-0.3, -0.25) is 9.36 Å². The lowest BCUT2D eigenvalue weighted by Gasteiger charge is -2.37. The minimum Gasteiger partial charge on any atom is -0.378 e. The van der Waals surface area contributed by atoms with Gasteiger partial charge >= 0.3 is 6.18 Å². The predicted molar refractivity (Wildman–Crippen MR) is 111 cm³/mol. The Balaban J connectivity index is 1.64. The van der Waals surface area contributed by atoms with Gasteiger partial charge in [0.05, 0.1) is 19.8 Å². The van der Waals surface area contributed by atoms with Gasteiger partial charge in [0, 0.05) is 36.3 Å². The number of halogens is 3. The van der Waals surface area contributed by atoms with Crippen LogP contribution in [0.3, 0.4) is 0 Å². The van der Waals surface area contributed by atoms with Crippen LogP contribution in [0.2, 0.25) is 0 Å². The number of morpholine rings is 1. The zero-order valence-electron chi connectivity index (χ0n) is 16.6. The van der Waals surface area contributed by atoms with Crippen molar-refractivity contribution in [1.82, 2.24) is 9.55 Å². The van der Waals surface area contributed by atoms with Crippen molar-refractivity contribution in [1.29, 1.82) is 0 Å². The van der Waals surface area contributed by atoms with Crippen LogP contribution in [0.4, 0.5) is 24.9 Å². The van der Waals surface area contributed by atoms with E-state index in [0.717, 1.165) is 16.4 Å². The van der Waals surface area contributed by atoms with E-state index in [-0.39, 0.29) is 12.5 Å². The van der Waals surface area contributed by atoms with Gasteiger partial charge in [-0.15, -0.1) is 11.8 Å². The summed E-state index contributed by atoms with van der Waals surface area (Å²) in [6, 6.07) is 10.8. The second-order valence-corrected chi connectivity index (χ2v) is 8.69. The Morgan fingerprint density at radius 2 is 1.90 bits per heavy atom. The Labute approximate surface area is 176 Å². The Morgan fingerprint density at radius 3 is 2.57 bits per heavy atom. The molecule has 0 bridgehead atoms. The van der Waals surface area contributed by atoms with Gasteiger partial charge in [0.1, 0.15) is 5.82 Å². The average molecular weight is 440 g/mol. The van der Waals surface area contributed by atoms with Crippen LogP contribution in [-0.2, 0) is 11.3 Å². The van der Waals surface area contributed by atoms with Gasteiger partial charge in [0.25, 0.3) is 5.56 Å². The smallest absolute Gasteiger partial charge is 0.378 e. The first-order valence-corrected chi connectivity index (χ1v) is 10.7. The van der Waals surface area contributed by atoms with Gasteiger partial charge in [-0.05, 0) is 19.1 Å². The highest BCUT2D eigenvalue weighted by Gasteiger charge is 2.59. The van der Waals surface area contributed by atoms with Gasteiger partial charge in [-0.25, -0.2) is 0 Å². The van der Waals surface area contributed by atoms with Crippen molar-refractivity contribution >= 4 is 23.5 Å². The Kier molecular flexibility index (Phi) is 5.71. The molecule has 2 aromatic rings. The lowest BCUT2D eigenvalue weighted by Crippen LogP contribution is -2.56. The molecule has 3 heterocycles. The first-order chi connectivity index (χ1) is 14.3. The summed E-state index contributed by atoms with van der Waals surface area (Å²) >= 11 is 1.48. The van der Waals surface area contributed by atoms with Crippen LogP contribution < -0.4 is 15.4 Å². The first-order valence-electron chi connectivity index (χ1n) is 9.76. The van der Waals surface area contributed by atoms with E-state index in [2.05, 4.69) is 4.98 Å². The van der Waals surface area contributed by atoms with Crippen LogP contribution in [0.5, 0.6) is 0 Å². The summed E-state index contributed by atoms with van der Waals surface area (Å²) in [4.78, 5) is 21.3. The molecule has 1 saturated heterocycles. The minimum absolute atomic E-state index is 0.0810. The summed E-state index contributed by atoms with van der Waals surface area (Å²) in [7, 11) is 0. The van der Waals surface area contributed by atoms with E-state index in [9.17, 15) is 18.0 Å². The monoisotopic (exact) mass is 440 g/mol. The molecule has 0 amide bonds. The fraction of sp³-hybridized carbons (Fsp3) is 0.500. The van der Waals surface area contributed by atoms with Crippen molar-refractivity contribution in [2.24, 2.45) is 0 Å². The summed E-state index contributed by atoms with van der Waals surface area (Å²) in [5.74, 6) is 0.923. The molecule has 0 spiro atoms. The highest BCUT2D eigenvalue weighted by Crippen LogP contribution is 2.43. The summed E-state index contributed by atoms with van der Waals surface area (Å²) in [5, 5.41) is 0. The third-order valence-electron chi connectivity index (χ3n) is 5.55. The van der Waals surface area contributed by atoms with Crippen LogP contribution in [-0.4, -0.2) is 59.9 Å². The highest BCUT2D eigenvalue weighted by atomic mass is 32.2. The SMILES string of the molecule is CC1(C(F)(F)F)Cn2c(nc(N3CCOCC3)cc2=O)N1CCSc1ccccc1. The number of thioether (sulfide) groups is 1. The summed E-state index contributed by atoms with van der Waals surface area (Å²) < 4.78 is 48.7. The largest absolute Gasteiger partial charge is 0.413 e. The molecule has 4 rings (SSSR count). The van der Waals surface area contributed by atoms with Crippen LogP contribution >= 0.6 is 11.8 Å². The van der Waals surface area contributed by atoms with Crippen molar-refractivity contribution in [3.63, 3.8) is 0 Å². The van der Waals surface area contributed by atoms with Crippen molar-refractivity contribution in [2.75, 3.05) is 48.4 Å². The molecular weight excluding hydrogens is 417 g/mol. The molecule has 2 aliphatic rings. The number of ether oxygens (including phenoxy) is 1. The fourth-order valence-corrected chi connectivity index (χ4v) is 4.63. The molecule has 0 saturated carbocycles. The number of rotatable bonds is 5. The maximum atomic E-state index is 14.1. The van der Waals surface area contributed by atoms with Gasteiger partial charge in [0.15, 0.2) is 5.54 Å². The Hall–Kier alpha value is -2.20. The van der Waals surface area contributed by atoms with Crippen LogP contribution in [0, 0.1) is 0 Å². The number of anilines is 2. The quantitative estimate of drug-likeness (QED) is 0.667. The van der Waals surface area contributed by atoms with Crippen LogP contribution in [0.25, 0.3) is 0 Å². The first kappa shape index (κ1) is 21.0. The molecule has 1 aromatic heterocycles. The maximum Gasteiger partial charge on any atom is 0.413 e. The van der Waals surface area contributed by atoms with Crippen molar-refractivity contribution in [2.45, 2.75) is 30.1 Å². The molecule has 30 heavy (non-hydrogen) atoms. The lowest BCUT2D eigenvalue weighted by molar-refractivity contribution is -0.182. The van der Waals surface area contributed by atoms with E-state index in [1.165, 1.54) is 22.7 Å². The van der Waals surface area contributed by atoms with E-state index in [4.69, 9.17) is 4.74 Å². The van der Waals surface area contributed by atoms with E-state index in [1.54, 1.807) is 0 Å². The Morgan fingerprint density at radius 1 is 1.20 bits per heavy atom. The summed E-state index contributed by atoms with van der Waals surface area (Å²) in [5.41, 5.74) is -2.65. The van der Waals surface area contributed by atoms with E-state index in [0.29, 0.717) is 37.9 Å². The maximum absolute atomic E-state index is 14.1. The predicted octanol–water partition coefficient (Wildman–Crippen LogP) is 3.01. The molecule has 1 atom stereocenters. The van der Waals surface area contributed by atoms with Gasteiger partial charge < -0.3 is 14.5 Å². The van der Waals surface area contributed by atoms with Crippen molar-refractivity contribution in [3.05, 3.63) is 46.8 Å². The summed E-state index contributed by atoms with van der Waals surface area (Å²) in [6.07, 6.45) is -4.51. The fourth-order valence-electron chi connectivity index (χ4n) is 3.77. The third kappa shape index (κ3) is 3.90. The minimum atomic E-state index is -4.51. The van der Waals surface area contributed by atoms with Crippen LogP contribution in [0.15, 0.2) is 46.1 Å². The lowest BCUT2D eigenvalue weighted by atomic mass is 10.0. The number of hydrogen-bond acceptors (Lipinski definition) is 6.